The summed E-state index contributed by atoms with van der Waals surface area (Å²) in [6, 6.07) is 4.15. The van der Waals surface area contributed by atoms with E-state index in [0.29, 0.717) is 22.4 Å². The van der Waals surface area contributed by atoms with Gasteiger partial charge in [-0.25, -0.2) is 0 Å². The molecule has 1 atom stereocenters. The van der Waals surface area contributed by atoms with Crippen molar-refractivity contribution in [1.82, 2.24) is 0 Å². The molecule has 2 aromatic carbocycles. The molecule has 192 valence electrons. The van der Waals surface area contributed by atoms with E-state index in [0.717, 1.165) is 24.5 Å². The van der Waals surface area contributed by atoms with Gasteiger partial charge >= 0.3 is 0 Å². The van der Waals surface area contributed by atoms with E-state index in [1.165, 1.54) is 11.6 Å². The van der Waals surface area contributed by atoms with Crippen LogP contribution in [0.3, 0.4) is 0 Å². The van der Waals surface area contributed by atoms with Gasteiger partial charge in [-0.05, 0) is 65.7 Å². The Morgan fingerprint density at radius 3 is 2.57 bits per heavy atom. The first kappa shape index (κ1) is 24.6. The molecule has 0 fully saturated rings. The molecule has 0 saturated carbocycles. The number of phenols is 3. The zero-order chi connectivity index (χ0) is 26.6. The quantitative estimate of drug-likeness (QED) is 0.333. The second-order valence-electron chi connectivity index (χ2n) is 10.4. The van der Waals surface area contributed by atoms with E-state index in [1.54, 1.807) is 6.07 Å². The highest BCUT2D eigenvalue weighted by Crippen LogP contribution is 2.52. The fourth-order valence-electron chi connectivity index (χ4n) is 4.77. The molecular formula is C30H30O7. The van der Waals surface area contributed by atoms with Crippen molar-refractivity contribution < 1.29 is 29.2 Å². The van der Waals surface area contributed by atoms with Crippen molar-refractivity contribution in [3.63, 3.8) is 0 Å². The fraction of sp³-hybridized carbons (Fsp3) is 0.300. The van der Waals surface area contributed by atoms with E-state index < -0.39 is 22.9 Å². The molecule has 5 rings (SSSR count). The number of hydrogen-bond donors (Lipinski definition) is 3. The molecular weight excluding hydrogens is 472 g/mol. The van der Waals surface area contributed by atoms with Crippen molar-refractivity contribution in [2.24, 2.45) is 0 Å². The van der Waals surface area contributed by atoms with Gasteiger partial charge in [0, 0.05) is 23.3 Å². The Morgan fingerprint density at radius 1 is 1.08 bits per heavy atom. The van der Waals surface area contributed by atoms with Crippen LogP contribution in [0.15, 0.2) is 56.8 Å². The number of ether oxygens (including phenoxy) is 2. The van der Waals surface area contributed by atoms with Crippen molar-refractivity contribution >= 4 is 17.0 Å². The van der Waals surface area contributed by atoms with Gasteiger partial charge in [0.05, 0.1) is 5.56 Å². The molecule has 37 heavy (non-hydrogen) atoms. The molecule has 7 heteroatoms. The first-order chi connectivity index (χ1) is 17.4. The number of fused-ring (bicyclic) bond motifs is 5. The smallest absolute Gasteiger partial charge is 0.239 e. The molecule has 0 radical (unpaired) electrons. The monoisotopic (exact) mass is 502 g/mol. The Labute approximate surface area is 214 Å². The first-order valence-electron chi connectivity index (χ1n) is 12.2. The Balaban J connectivity index is 1.75. The van der Waals surface area contributed by atoms with Gasteiger partial charge in [0.25, 0.3) is 0 Å². The highest BCUT2D eigenvalue weighted by Gasteiger charge is 2.37. The molecule has 2 aliphatic rings. The van der Waals surface area contributed by atoms with Crippen molar-refractivity contribution in [2.75, 3.05) is 0 Å². The van der Waals surface area contributed by atoms with Gasteiger partial charge in [-0.3, -0.25) is 4.79 Å². The maximum Gasteiger partial charge on any atom is 0.239 e. The Hall–Kier alpha value is -4.13. The maximum absolute atomic E-state index is 13.5. The molecule has 7 nitrogen and oxygen atoms in total. The summed E-state index contributed by atoms with van der Waals surface area (Å²) in [6.07, 6.45) is 8.62. The lowest BCUT2D eigenvalue weighted by Gasteiger charge is -2.32. The number of rotatable bonds is 4. The molecule has 1 unspecified atom stereocenters. The lowest BCUT2D eigenvalue weighted by molar-refractivity contribution is 0.150. The van der Waals surface area contributed by atoms with E-state index in [1.807, 2.05) is 52.8 Å². The number of benzene rings is 2. The predicted octanol–water partition coefficient (Wildman–Crippen LogP) is 6.89. The minimum absolute atomic E-state index is 0.00725. The molecule has 0 spiro atoms. The molecule has 2 aliphatic heterocycles. The van der Waals surface area contributed by atoms with E-state index in [2.05, 4.69) is 6.08 Å². The van der Waals surface area contributed by atoms with Gasteiger partial charge in [0.2, 0.25) is 11.2 Å². The van der Waals surface area contributed by atoms with Crippen LogP contribution in [0.2, 0.25) is 0 Å². The third-order valence-electron chi connectivity index (χ3n) is 6.57. The average molecular weight is 503 g/mol. The second kappa shape index (κ2) is 8.76. The van der Waals surface area contributed by atoms with Crippen LogP contribution < -0.4 is 14.9 Å². The van der Waals surface area contributed by atoms with Crippen LogP contribution in [0.25, 0.3) is 28.4 Å². The summed E-state index contributed by atoms with van der Waals surface area (Å²) in [5.41, 5.74) is 2.61. The molecule has 0 aliphatic carbocycles. The second-order valence-corrected chi connectivity index (χ2v) is 10.4. The maximum atomic E-state index is 13.5. The summed E-state index contributed by atoms with van der Waals surface area (Å²) in [5.74, 6) is -0.365. The van der Waals surface area contributed by atoms with E-state index in [4.69, 9.17) is 13.9 Å². The largest absolute Gasteiger partial charge is 0.508 e. The topological polar surface area (TPSA) is 109 Å². The van der Waals surface area contributed by atoms with Crippen molar-refractivity contribution in [2.45, 2.75) is 59.2 Å². The van der Waals surface area contributed by atoms with Gasteiger partial charge < -0.3 is 29.2 Å². The van der Waals surface area contributed by atoms with Crippen LogP contribution in [-0.2, 0) is 0 Å². The lowest BCUT2D eigenvalue weighted by atomic mass is 9.89. The third-order valence-corrected chi connectivity index (χ3v) is 6.57. The van der Waals surface area contributed by atoms with E-state index >= 15 is 0 Å². The van der Waals surface area contributed by atoms with E-state index in [-0.39, 0.29) is 34.0 Å². The summed E-state index contributed by atoms with van der Waals surface area (Å²) >= 11 is 0. The van der Waals surface area contributed by atoms with Gasteiger partial charge in [-0.1, -0.05) is 23.3 Å². The average Bonchev–Trinajstić information content (AvgIpc) is 2.79. The third kappa shape index (κ3) is 4.35. The van der Waals surface area contributed by atoms with Gasteiger partial charge in [0.1, 0.15) is 34.2 Å². The Kier molecular flexibility index (Phi) is 5.82. The molecule has 3 heterocycles. The fourth-order valence-corrected chi connectivity index (χ4v) is 4.77. The zero-order valence-electron chi connectivity index (χ0n) is 21.5. The van der Waals surface area contributed by atoms with Gasteiger partial charge in [0.15, 0.2) is 17.3 Å². The summed E-state index contributed by atoms with van der Waals surface area (Å²) in [7, 11) is 0. The van der Waals surface area contributed by atoms with Gasteiger partial charge in [-0.15, -0.1) is 0 Å². The number of allylic oxidation sites excluding steroid dienone is 3. The molecule has 3 aromatic rings. The normalized spacial score (nSPS) is 17.3. The highest BCUT2D eigenvalue weighted by molar-refractivity contribution is 5.90. The minimum atomic E-state index is -0.795. The van der Waals surface area contributed by atoms with Gasteiger partial charge in [-0.2, -0.15) is 0 Å². The SMILES string of the molecule is CC(C)=CCCC(C)=CC1Oc2c(oc3cc(O)cc(O)c3c2=O)-c2cc3c(c(O)c21)OC(C)(C)C=C3. The summed E-state index contributed by atoms with van der Waals surface area (Å²) in [6.45, 7) is 9.86. The molecule has 0 bridgehead atoms. The highest BCUT2D eigenvalue weighted by atomic mass is 16.5. The van der Waals surface area contributed by atoms with Crippen LogP contribution in [0.4, 0.5) is 0 Å². The van der Waals surface area contributed by atoms with Crippen molar-refractivity contribution in [3.8, 4) is 40.1 Å². The summed E-state index contributed by atoms with van der Waals surface area (Å²) in [5, 5.41) is 31.7. The lowest BCUT2D eigenvalue weighted by Crippen LogP contribution is -2.28. The molecule has 0 saturated heterocycles. The number of hydrogen-bond acceptors (Lipinski definition) is 7. The van der Waals surface area contributed by atoms with Crippen LogP contribution >= 0.6 is 0 Å². The summed E-state index contributed by atoms with van der Waals surface area (Å²) < 4.78 is 18.3. The predicted molar refractivity (Wildman–Crippen MR) is 142 cm³/mol. The minimum Gasteiger partial charge on any atom is -0.508 e. The molecule has 1 aromatic heterocycles. The Bertz CT molecular complexity index is 1580. The standard InChI is InChI=1S/C30H30O7/c1-15(2)7-6-8-16(3)11-21-23-19(12-17-9-10-30(4,5)37-27(17)25(23)33)28-29(36-21)26(34)24-20(32)13-18(31)14-22(24)35-28/h7,9-14,21,31-33H,6,8H2,1-5H3. The van der Waals surface area contributed by atoms with Crippen LogP contribution in [0.5, 0.6) is 28.7 Å². The van der Waals surface area contributed by atoms with Crippen LogP contribution in [0.1, 0.15) is 64.7 Å². The first-order valence-corrected chi connectivity index (χ1v) is 12.2. The Morgan fingerprint density at radius 2 is 1.84 bits per heavy atom. The zero-order valence-corrected chi connectivity index (χ0v) is 21.5. The summed E-state index contributed by atoms with van der Waals surface area (Å²) in [4.78, 5) is 13.5. The van der Waals surface area contributed by atoms with Crippen molar-refractivity contribution in [1.29, 1.82) is 0 Å². The molecule has 3 N–H and O–H groups in total. The van der Waals surface area contributed by atoms with Crippen LogP contribution in [-0.4, -0.2) is 20.9 Å². The number of aromatic hydroxyl groups is 3. The number of phenolic OH excluding ortho intramolecular Hbond substituents is 3. The van der Waals surface area contributed by atoms with Crippen molar-refractivity contribution in [3.05, 3.63) is 68.9 Å². The van der Waals surface area contributed by atoms with E-state index in [9.17, 15) is 20.1 Å². The molecule has 0 amide bonds. The van der Waals surface area contributed by atoms with Crippen LogP contribution in [0, 0.1) is 0 Å².